The Labute approximate surface area is 142 Å². The van der Waals surface area contributed by atoms with Crippen molar-refractivity contribution in [3.8, 4) is 5.75 Å². The van der Waals surface area contributed by atoms with Crippen LogP contribution >= 0.6 is 23.2 Å². The molecule has 0 spiro atoms. The van der Waals surface area contributed by atoms with Gasteiger partial charge < -0.3 is 15.0 Å². The van der Waals surface area contributed by atoms with Crippen LogP contribution in [0.1, 0.15) is 37.0 Å². The number of hydrogen-bond acceptors (Lipinski definition) is 3. The summed E-state index contributed by atoms with van der Waals surface area (Å²) in [6.45, 7) is 8.06. The van der Waals surface area contributed by atoms with Gasteiger partial charge in [-0.1, -0.05) is 37.0 Å². The van der Waals surface area contributed by atoms with Crippen LogP contribution in [0.2, 0.25) is 10.0 Å². The molecular weight excluding hydrogens is 323 g/mol. The Balaban J connectivity index is 2.51. The van der Waals surface area contributed by atoms with Gasteiger partial charge in [-0.25, -0.2) is 0 Å². The maximum Gasteiger partial charge on any atom is 0.256 e. The highest BCUT2D eigenvalue weighted by Gasteiger charge is 2.18. The van der Waals surface area contributed by atoms with Gasteiger partial charge in [-0.2, -0.15) is 0 Å². The Morgan fingerprint density at radius 1 is 1.18 bits per heavy atom. The summed E-state index contributed by atoms with van der Waals surface area (Å²) in [5.41, 5.74) is 0.292. The molecule has 124 valence electrons. The number of ether oxygens (including phenoxy) is 1. The minimum Gasteiger partial charge on any atom is -0.494 e. The summed E-state index contributed by atoms with van der Waals surface area (Å²) in [5, 5.41) is 3.58. The van der Waals surface area contributed by atoms with E-state index in [1.54, 1.807) is 12.1 Å². The third-order valence-corrected chi connectivity index (χ3v) is 4.18. The Kier molecular flexibility index (Phi) is 8.61. The van der Waals surface area contributed by atoms with Gasteiger partial charge >= 0.3 is 0 Å². The molecule has 0 saturated carbocycles. The zero-order valence-electron chi connectivity index (χ0n) is 13.4. The Bertz CT molecular complexity index is 491. The Morgan fingerprint density at radius 2 is 1.82 bits per heavy atom. The molecule has 22 heavy (non-hydrogen) atoms. The average molecular weight is 347 g/mol. The third-order valence-electron chi connectivity index (χ3n) is 3.57. The molecule has 0 heterocycles. The monoisotopic (exact) mass is 346 g/mol. The number of nitrogens with one attached hydrogen (secondary N) is 1. The minimum atomic E-state index is -0.257. The van der Waals surface area contributed by atoms with E-state index in [-0.39, 0.29) is 5.91 Å². The molecule has 0 aliphatic carbocycles. The van der Waals surface area contributed by atoms with Gasteiger partial charge in [0.2, 0.25) is 0 Å². The fraction of sp³-hybridized carbons (Fsp3) is 0.562. The van der Waals surface area contributed by atoms with Crippen LogP contribution in [0.15, 0.2) is 12.1 Å². The molecule has 0 radical (unpaired) electrons. The van der Waals surface area contributed by atoms with E-state index in [4.69, 9.17) is 27.9 Å². The molecule has 0 aliphatic heterocycles. The normalized spacial score (nSPS) is 10.8. The van der Waals surface area contributed by atoms with Crippen molar-refractivity contribution in [2.45, 2.75) is 26.7 Å². The van der Waals surface area contributed by atoms with Gasteiger partial charge in [0.1, 0.15) is 5.56 Å². The number of hydrogen-bond donors (Lipinski definition) is 1. The molecule has 1 amide bonds. The topological polar surface area (TPSA) is 41.6 Å². The molecular formula is C16H24Cl2N2O2. The second kappa shape index (κ2) is 9.93. The lowest BCUT2D eigenvalue weighted by molar-refractivity contribution is 0.0949. The van der Waals surface area contributed by atoms with Gasteiger partial charge in [-0.3, -0.25) is 4.79 Å². The quantitative estimate of drug-likeness (QED) is 0.690. The predicted molar refractivity (Wildman–Crippen MR) is 92.4 cm³/mol. The summed E-state index contributed by atoms with van der Waals surface area (Å²) in [7, 11) is 1.47. The number of carbonyl (C=O) groups excluding carboxylic acids is 1. The molecule has 0 atom stereocenters. The molecule has 6 heteroatoms. The van der Waals surface area contributed by atoms with Crippen molar-refractivity contribution in [3.05, 3.63) is 27.7 Å². The molecule has 0 saturated heterocycles. The van der Waals surface area contributed by atoms with Crippen molar-refractivity contribution in [2.24, 2.45) is 0 Å². The van der Waals surface area contributed by atoms with E-state index in [2.05, 4.69) is 24.1 Å². The van der Waals surface area contributed by atoms with Crippen molar-refractivity contribution in [1.82, 2.24) is 10.2 Å². The van der Waals surface area contributed by atoms with Crippen LogP contribution < -0.4 is 10.1 Å². The number of nitrogens with zero attached hydrogens (tertiary/aromatic N) is 1. The first-order chi connectivity index (χ1) is 10.5. The lowest BCUT2D eigenvalue weighted by Crippen LogP contribution is -2.27. The van der Waals surface area contributed by atoms with Crippen molar-refractivity contribution < 1.29 is 9.53 Å². The van der Waals surface area contributed by atoms with Crippen LogP contribution in [-0.2, 0) is 0 Å². The first-order valence-corrected chi connectivity index (χ1v) is 8.33. The van der Waals surface area contributed by atoms with Gasteiger partial charge in [0, 0.05) is 6.54 Å². The van der Waals surface area contributed by atoms with Gasteiger partial charge in [0.15, 0.2) is 5.75 Å². The van der Waals surface area contributed by atoms with E-state index in [9.17, 15) is 4.79 Å². The van der Waals surface area contributed by atoms with Crippen LogP contribution in [0.3, 0.4) is 0 Å². The standard InChI is InChI=1S/C16H24Cl2N2O2/c1-4-20(5-2)11-7-6-10-19-16(21)14-12(17)8-9-13(18)15(14)22-3/h8-9H,4-7,10-11H2,1-3H3,(H,19,21). The maximum absolute atomic E-state index is 12.3. The summed E-state index contributed by atoms with van der Waals surface area (Å²) >= 11 is 12.1. The largest absolute Gasteiger partial charge is 0.494 e. The minimum absolute atomic E-state index is 0.257. The Morgan fingerprint density at radius 3 is 2.41 bits per heavy atom. The molecule has 1 aromatic carbocycles. The number of unbranched alkanes of at least 4 members (excludes halogenated alkanes) is 1. The summed E-state index contributed by atoms with van der Waals surface area (Å²) in [6.07, 6.45) is 1.96. The first-order valence-electron chi connectivity index (χ1n) is 7.57. The second-order valence-electron chi connectivity index (χ2n) is 4.93. The zero-order valence-corrected chi connectivity index (χ0v) is 14.9. The summed E-state index contributed by atoms with van der Waals surface area (Å²) in [4.78, 5) is 14.6. The highest BCUT2D eigenvalue weighted by Crippen LogP contribution is 2.33. The van der Waals surface area contributed by atoms with Crippen molar-refractivity contribution in [3.63, 3.8) is 0 Å². The molecule has 4 nitrogen and oxygen atoms in total. The maximum atomic E-state index is 12.3. The van der Waals surface area contributed by atoms with E-state index >= 15 is 0 Å². The highest BCUT2D eigenvalue weighted by molar-refractivity contribution is 6.37. The smallest absolute Gasteiger partial charge is 0.256 e. The number of methoxy groups -OCH3 is 1. The molecule has 0 fully saturated rings. The number of benzene rings is 1. The second-order valence-corrected chi connectivity index (χ2v) is 5.74. The van der Waals surface area contributed by atoms with Gasteiger partial charge in [-0.15, -0.1) is 0 Å². The average Bonchev–Trinajstić information content (AvgIpc) is 2.52. The van der Waals surface area contributed by atoms with Crippen LogP contribution in [0, 0.1) is 0 Å². The van der Waals surface area contributed by atoms with Gasteiger partial charge in [0.05, 0.1) is 17.2 Å². The lowest BCUT2D eigenvalue weighted by Gasteiger charge is -2.17. The number of amides is 1. The third kappa shape index (κ3) is 5.34. The van der Waals surface area contributed by atoms with Crippen LogP contribution in [0.4, 0.5) is 0 Å². The van der Waals surface area contributed by atoms with E-state index in [0.717, 1.165) is 32.5 Å². The van der Waals surface area contributed by atoms with E-state index < -0.39 is 0 Å². The predicted octanol–water partition coefficient (Wildman–Crippen LogP) is 3.85. The van der Waals surface area contributed by atoms with Crippen molar-refractivity contribution in [2.75, 3.05) is 33.3 Å². The molecule has 0 aromatic heterocycles. The van der Waals surface area contributed by atoms with Gasteiger partial charge in [-0.05, 0) is 44.6 Å². The molecule has 0 aliphatic rings. The van der Waals surface area contributed by atoms with Gasteiger partial charge in [0.25, 0.3) is 5.91 Å². The molecule has 1 rings (SSSR count). The molecule has 1 N–H and O–H groups in total. The number of rotatable bonds is 9. The van der Waals surface area contributed by atoms with Crippen molar-refractivity contribution >= 4 is 29.1 Å². The van der Waals surface area contributed by atoms with E-state index in [0.29, 0.717) is 27.9 Å². The molecule has 1 aromatic rings. The zero-order chi connectivity index (χ0) is 16.5. The number of halogens is 2. The van der Waals surface area contributed by atoms with Crippen LogP contribution in [0.5, 0.6) is 5.75 Å². The Hall–Kier alpha value is -0.970. The summed E-state index contributed by atoms with van der Waals surface area (Å²) in [6, 6.07) is 3.21. The van der Waals surface area contributed by atoms with E-state index in [1.807, 2.05) is 0 Å². The SMILES string of the molecule is CCN(CC)CCCCNC(=O)c1c(Cl)ccc(Cl)c1OC. The summed E-state index contributed by atoms with van der Waals surface area (Å²) in [5.74, 6) is 0.0574. The van der Waals surface area contributed by atoms with E-state index in [1.165, 1.54) is 7.11 Å². The first kappa shape index (κ1) is 19.1. The molecule has 0 bridgehead atoms. The fourth-order valence-electron chi connectivity index (χ4n) is 2.23. The summed E-state index contributed by atoms with van der Waals surface area (Å²) < 4.78 is 5.18. The fourth-order valence-corrected chi connectivity index (χ4v) is 2.70. The van der Waals surface area contributed by atoms with Crippen LogP contribution in [-0.4, -0.2) is 44.1 Å². The molecule has 0 unspecified atom stereocenters. The lowest BCUT2D eigenvalue weighted by atomic mass is 10.1. The van der Waals surface area contributed by atoms with Crippen LogP contribution in [0.25, 0.3) is 0 Å². The number of carbonyl (C=O) groups is 1. The van der Waals surface area contributed by atoms with Crippen molar-refractivity contribution in [1.29, 1.82) is 0 Å². The highest BCUT2D eigenvalue weighted by atomic mass is 35.5.